The van der Waals surface area contributed by atoms with Crippen molar-refractivity contribution in [2.45, 2.75) is 32.9 Å². The second kappa shape index (κ2) is 9.05. The summed E-state index contributed by atoms with van der Waals surface area (Å²) in [7, 11) is 0. The van der Waals surface area contributed by atoms with Gasteiger partial charge in [0, 0.05) is 36.7 Å². The number of hydrogen-bond donors (Lipinski definition) is 1. The minimum Gasteiger partial charge on any atom is -0.348 e. The Bertz CT molecular complexity index is 909. The van der Waals surface area contributed by atoms with Gasteiger partial charge in [0.1, 0.15) is 0 Å². The van der Waals surface area contributed by atoms with Gasteiger partial charge in [-0.15, -0.1) is 0 Å². The molecule has 1 aliphatic heterocycles. The average Bonchev–Trinajstić information content (AvgIpc) is 3.29. The first-order valence-electron chi connectivity index (χ1n) is 10.3. The van der Waals surface area contributed by atoms with Crippen LogP contribution in [0.1, 0.15) is 41.3 Å². The average molecular weight is 389 g/mol. The molecule has 5 heteroatoms. The molecular formula is C24H28N4O. The monoisotopic (exact) mass is 388 g/mol. The summed E-state index contributed by atoms with van der Waals surface area (Å²) in [5.41, 5.74) is 4.09. The number of piperidine rings is 1. The summed E-state index contributed by atoms with van der Waals surface area (Å²) >= 11 is 0. The van der Waals surface area contributed by atoms with Crippen LogP contribution in [0, 0.1) is 5.92 Å². The summed E-state index contributed by atoms with van der Waals surface area (Å²) in [4.78, 5) is 19.0. The molecule has 29 heavy (non-hydrogen) atoms. The van der Waals surface area contributed by atoms with E-state index in [4.69, 9.17) is 0 Å². The summed E-state index contributed by atoms with van der Waals surface area (Å²) < 4.78 is 1.95. The van der Waals surface area contributed by atoms with Crippen molar-refractivity contribution in [1.82, 2.24) is 19.8 Å². The Morgan fingerprint density at radius 1 is 1.03 bits per heavy atom. The third-order valence-electron chi connectivity index (χ3n) is 5.69. The first-order valence-corrected chi connectivity index (χ1v) is 10.3. The number of aromatic nitrogens is 2. The van der Waals surface area contributed by atoms with Crippen LogP contribution in [0.3, 0.4) is 0 Å². The number of hydrogen-bond acceptors (Lipinski definition) is 3. The smallest absolute Gasteiger partial charge is 0.251 e. The number of rotatable bonds is 6. The molecular weight excluding hydrogens is 360 g/mol. The zero-order chi connectivity index (χ0) is 20.1. The van der Waals surface area contributed by atoms with E-state index in [-0.39, 0.29) is 5.91 Å². The van der Waals surface area contributed by atoms with Crippen molar-refractivity contribution in [3.8, 4) is 5.69 Å². The van der Waals surface area contributed by atoms with Gasteiger partial charge in [-0.05, 0) is 67.2 Å². The SMILES string of the molecule is CC1CCN(Cc2ccc(C(=O)NCc3ccc(-n4ccnc4)cc3)cc2)CC1. The lowest BCUT2D eigenvalue weighted by Crippen LogP contribution is -2.32. The zero-order valence-corrected chi connectivity index (χ0v) is 16.9. The van der Waals surface area contributed by atoms with Gasteiger partial charge in [0.25, 0.3) is 5.91 Å². The maximum absolute atomic E-state index is 12.5. The highest BCUT2D eigenvalue weighted by molar-refractivity contribution is 5.94. The summed E-state index contributed by atoms with van der Waals surface area (Å²) in [6, 6.07) is 16.1. The molecule has 1 fully saturated rings. The van der Waals surface area contributed by atoms with Gasteiger partial charge in [-0.25, -0.2) is 4.98 Å². The summed E-state index contributed by atoms with van der Waals surface area (Å²) in [6.45, 7) is 6.15. The van der Waals surface area contributed by atoms with Gasteiger partial charge >= 0.3 is 0 Å². The van der Waals surface area contributed by atoms with Crippen molar-refractivity contribution in [2.24, 2.45) is 5.92 Å². The molecule has 1 saturated heterocycles. The minimum absolute atomic E-state index is 0.0398. The predicted octanol–water partition coefficient (Wildman–Crippen LogP) is 4.03. The second-order valence-electron chi connectivity index (χ2n) is 7.97. The highest BCUT2D eigenvalue weighted by Crippen LogP contribution is 2.18. The normalized spacial score (nSPS) is 15.3. The Morgan fingerprint density at radius 2 is 1.72 bits per heavy atom. The molecule has 4 rings (SSSR count). The fourth-order valence-electron chi connectivity index (χ4n) is 3.72. The van der Waals surface area contributed by atoms with Gasteiger partial charge in [0.15, 0.2) is 0 Å². The number of carbonyl (C=O) groups is 1. The molecule has 0 aliphatic carbocycles. The van der Waals surface area contributed by atoms with Crippen molar-refractivity contribution in [3.05, 3.63) is 83.9 Å². The molecule has 150 valence electrons. The molecule has 0 radical (unpaired) electrons. The number of benzene rings is 2. The van der Waals surface area contributed by atoms with Gasteiger partial charge in [-0.3, -0.25) is 9.69 Å². The quantitative estimate of drug-likeness (QED) is 0.693. The molecule has 2 aromatic carbocycles. The Balaban J connectivity index is 1.28. The van der Waals surface area contributed by atoms with Gasteiger partial charge < -0.3 is 9.88 Å². The van der Waals surface area contributed by atoms with Gasteiger partial charge in [0.05, 0.1) is 6.33 Å². The number of nitrogens with one attached hydrogen (secondary N) is 1. The van der Waals surface area contributed by atoms with Crippen LogP contribution in [0.5, 0.6) is 0 Å². The van der Waals surface area contributed by atoms with Crippen molar-refractivity contribution in [1.29, 1.82) is 0 Å². The van der Waals surface area contributed by atoms with E-state index in [1.165, 1.54) is 31.5 Å². The van der Waals surface area contributed by atoms with Gasteiger partial charge in [-0.2, -0.15) is 0 Å². The molecule has 1 amide bonds. The molecule has 0 saturated carbocycles. The number of imidazole rings is 1. The molecule has 0 spiro atoms. The van der Waals surface area contributed by atoms with Crippen LogP contribution >= 0.6 is 0 Å². The minimum atomic E-state index is -0.0398. The Labute approximate surface area is 172 Å². The van der Waals surface area contributed by atoms with E-state index in [0.29, 0.717) is 12.1 Å². The third-order valence-corrected chi connectivity index (χ3v) is 5.69. The fourth-order valence-corrected chi connectivity index (χ4v) is 3.72. The Hall–Kier alpha value is -2.92. The molecule has 5 nitrogen and oxygen atoms in total. The van der Waals surface area contributed by atoms with E-state index in [1.807, 2.05) is 47.2 Å². The van der Waals surface area contributed by atoms with Crippen molar-refractivity contribution < 1.29 is 4.79 Å². The molecule has 1 N–H and O–H groups in total. The standard InChI is InChI=1S/C24H28N4O/c1-19-10-13-27(14-11-19)17-21-2-6-22(7-3-21)24(29)26-16-20-4-8-23(9-5-20)28-15-12-25-18-28/h2-9,12,15,18-19H,10-11,13-14,16-17H2,1H3,(H,26,29). The predicted molar refractivity (Wildman–Crippen MR) is 115 cm³/mol. The van der Waals surface area contributed by atoms with E-state index in [0.717, 1.165) is 23.7 Å². The highest BCUT2D eigenvalue weighted by Gasteiger charge is 2.15. The summed E-state index contributed by atoms with van der Waals surface area (Å²) in [6.07, 6.45) is 8.00. The maximum atomic E-state index is 12.5. The first kappa shape index (κ1) is 19.4. The van der Waals surface area contributed by atoms with Gasteiger partial charge in [-0.1, -0.05) is 31.2 Å². The molecule has 0 atom stereocenters. The molecule has 3 aromatic rings. The Morgan fingerprint density at radius 3 is 2.38 bits per heavy atom. The largest absolute Gasteiger partial charge is 0.348 e. The van der Waals surface area contributed by atoms with Crippen LogP contribution in [0.4, 0.5) is 0 Å². The third kappa shape index (κ3) is 5.12. The van der Waals surface area contributed by atoms with Crippen LogP contribution < -0.4 is 5.32 Å². The lowest BCUT2D eigenvalue weighted by Gasteiger charge is -2.30. The van der Waals surface area contributed by atoms with E-state index in [2.05, 4.69) is 34.3 Å². The van der Waals surface area contributed by atoms with Crippen molar-refractivity contribution >= 4 is 5.91 Å². The summed E-state index contributed by atoms with van der Waals surface area (Å²) in [5, 5.41) is 3.01. The second-order valence-corrected chi connectivity index (χ2v) is 7.97. The van der Waals surface area contributed by atoms with Crippen LogP contribution in [0.2, 0.25) is 0 Å². The Kier molecular flexibility index (Phi) is 6.06. The molecule has 0 unspecified atom stereocenters. The maximum Gasteiger partial charge on any atom is 0.251 e. The lowest BCUT2D eigenvalue weighted by molar-refractivity contribution is 0.0951. The van der Waals surface area contributed by atoms with E-state index in [9.17, 15) is 4.79 Å². The lowest BCUT2D eigenvalue weighted by atomic mass is 9.99. The van der Waals surface area contributed by atoms with Crippen LogP contribution in [-0.2, 0) is 13.1 Å². The topological polar surface area (TPSA) is 50.2 Å². The van der Waals surface area contributed by atoms with Crippen LogP contribution in [0.25, 0.3) is 5.69 Å². The molecule has 2 heterocycles. The van der Waals surface area contributed by atoms with E-state index >= 15 is 0 Å². The van der Waals surface area contributed by atoms with E-state index in [1.54, 1.807) is 12.5 Å². The van der Waals surface area contributed by atoms with E-state index < -0.39 is 0 Å². The van der Waals surface area contributed by atoms with Crippen molar-refractivity contribution in [3.63, 3.8) is 0 Å². The fraction of sp³-hybridized carbons (Fsp3) is 0.333. The number of amides is 1. The summed E-state index contributed by atoms with van der Waals surface area (Å²) in [5.74, 6) is 0.807. The number of likely N-dealkylation sites (tertiary alicyclic amines) is 1. The highest BCUT2D eigenvalue weighted by atomic mass is 16.1. The van der Waals surface area contributed by atoms with Crippen LogP contribution in [-0.4, -0.2) is 33.4 Å². The molecule has 1 aliphatic rings. The van der Waals surface area contributed by atoms with Gasteiger partial charge in [0.2, 0.25) is 0 Å². The number of nitrogens with zero attached hydrogens (tertiary/aromatic N) is 3. The first-order chi connectivity index (χ1) is 14.2. The zero-order valence-electron chi connectivity index (χ0n) is 16.9. The molecule has 0 bridgehead atoms. The van der Waals surface area contributed by atoms with Crippen LogP contribution in [0.15, 0.2) is 67.3 Å². The number of carbonyl (C=O) groups excluding carboxylic acids is 1. The van der Waals surface area contributed by atoms with Crippen molar-refractivity contribution in [2.75, 3.05) is 13.1 Å². The molecule has 1 aromatic heterocycles.